The highest BCUT2D eigenvalue weighted by Gasteiger charge is 2.60. The third-order valence-electron chi connectivity index (χ3n) is 16.1. The van der Waals surface area contributed by atoms with Crippen molar-refractivity contribution in [1.82, 2.24) is 20.0 Å². The maximum Gasteiger partial charge on any atom is 0.353 e. The Bertz CT molecular complexity index is 2060. The van der Waals surface area contributed by atoms with Crippen LogP contribution in [0.15, 0.2) is 28.8 Å². The number of amides is 2. The van der Waals surface area contributed by atoms with E-state index in [2.05, 4.69) is 37.9 Å². The van der Waals surface area contributed by atoms with Gasteiger partial charge in [0.15, 0.2) is 11.5 Å². The minimum atomic E-state index is -1.13. The van der Waals surface area contributed by atoms with Crippen molar-refractivity contribution >= 4 is 41.3 Å². The number of β-lactam (4-membered cyclic amide) rings is 1. The fourth-order valence-electron chi connectivity index (χ4n) is 11.2. The van der Waals surface area contributed by atoms with Crippen LogP contribution in [-0.2, 0) is 35.1 Å². The maximum atomic E-state index is 14.2. The number of carbonyl (C=O) groups excluding carboxylic acids is 4. The first-order valence-electron chi connectivity index (χ1n) is 25.0. The van der Waals surface area contributed by atoms with Gasteiger partial charge in [-0.25, -0.2) is 9.59 Å². The predicted octanol–water partition coefficient (Wildman–Crippen LogP) is 6.21. The van der Waals surface area contributed by atoms with E-state index in [0.717, 1.165) is 50.8 Å². The Labute approximate surface area is 408 Å². The molecule has 4 N–H and O–H groups in total. The second kappa shape index (κ2) is 21.7. The van der Waals surface area contributed by atoms with Crippen molar-refractivity contribution in [1.29, 1.82) is 0 Å². The predicted molar refractivity (Wildman–Crippen MR) is 261 cm³/mol. The molecule has 4 fully saturated rings. The molecule has 1 aromatic rings. The standard InChI is InChI=1S/C52H80N4O11S/c1-12-51(6,7)45(59)47(61)55-23-14-13-15-37(55)49(64)67-34(18-16-32-17-19-38(65-10)39(25-32)66-11)27-50(4,5)21-22-52(8,9)54-24-20-33(29-54)43(58)36-26-35(28-53-36)68-44-30(2)41-40(31(3)57)46(60)56(41)42(44)48(62)63/h17,19,25,30-31,33-37,40-41,43,53,57-58H,12-16,18,20-24,26-29H2,1-11H3,(H,62,63)/t30-,31-,33-,34-,35+,36+,37+,40-,41-,43-/m1/s1. The molecule has 16 heteroatoms. The number of nitrogens with one attached hydrogen (secondary N) is 1. The highest BCUT2D eigenvalue weighted by molar-refractivity contribution is 8.03. The summed E-state index contributed by atoms with van der Waals surface area (Å²) in [6.07, 6.45) is 5.57. The molecule has 380 valence electrons. The molecule has 0 bridgehead atoms. The number of aliphatic hydroxyl groups is 2. The van der Waals surface area contributed by atoms with Crippen LogP contribution in [0.2, 0.25) is 0 Å². The molecule has 10 atom stereocenters. The van der Waals surface area contributed by atoms with E-state index in [0.29, 0.717) is 68.0 Å². The number of ether oxygens (including phenoxy) is 3. The van der Waals surface area contributed by atoms with Gasteiger partial charge >= 0.3 is 11.9 Å². The van der Waals surface area contributed by atoms with E-state index in [4.69, 9.17) is 14.2 Å². The van der Waals surface area contributed by atoms with Crippen LogP contribution in [0, 0.1) is 28.6 Å². The van der Waals surface area contributed by atoms with Crippen molar-refractivity contribution in [2.75, 3.05) is 40.4 Å². The SMILES string of the molecule is CCC(C)(C)C(=O)C(=O)N1CCCC[C@H]1C(=O)O[C@H](CCc1ccc(OC)c(OC)c1)CC(C)(C)CCC(C)(C)N1CC[C@@H]([C@@H](O)[C@@H]2C[C@H](SC3=C(C(=O)O)N4C(=O)[C@H]([C@@H](C)O)[C@H]4[C@H]3C)CN2)C1. The number of benzene rings is 1. The van der Waals surface area contributed by atoms with Crippen LogP contribution >= 0.6 is 11.8 Å². The minimum Gasteiger partial charge on any atom is -0.493 e. The summed E-state index contributed by atoms with van der Waals surface area (Å²) in [5.41, 5.74) is -0.204. The van der Waals surface area contributed by atoms with Crippen molar-refractivity contribution in [2.24, 2.45) is 28.6 Å². The Balaban J connectivity index is 1.07. The normalized spacial score (nSPS) is 27.1. The molecule has 5 aliphatic heterocycles. The van der Waals surface area contributed by atoms with Gasteiger partial charge in [-0.05, 0) is 121 Å². The van der Waals surface area contributed by atoms with Crippen LogP contribution in [0.5, 0.6) is 11.5 Å². The summed E-state index contributed by atoms with van der Waals surface area (Å²) < 4.78 is 17.5. The molecule has 6 rings (SSSR count). The number of piperidine rings is 1. The molecule has 15 nitrogen and oxygen atoms in total. The molecule has 0 saturated carbocycles. The first-order chi connectivity index (χ1) is 31.9. The number of methoxy groups -OCH3 is 2. The van der Waals surface area contributed by atoms with Crippen molar-refractivity contribution < 1.29 is 53.5 Å². The molecule has 0 aromatic heterocycles. The molecular formula is C52H80N4O11S. The monoisotopic (exact) mass is 969 g/mol. The lowest BCUT2D eigenvalue weighted by molar-refractivity contribution is -0.165. The molecule has 0 aliphatic carbocycles. The Kier molecular flexibility index (Phi) is 17.2. The second-order valence-electron chi connectivity index (χ2n) is 22.3. The van der Waals surface area contributed by atoms with Gasteiger partial charge in [-0.15, -0.1) is 11.8 Å². The van der Waals surface area contributed by atoms with E-state index in [9.17, 15) is 39.3 Å². The molecular weight excluding hydrogens is 889 g/mol. The lowest BCUT2D eigenvalue weighted by atomic mass is 9.78. The summed E-state index contributed by atoms with van der Waals surface area (Å²) in [5, 5.41) is 35.7. The fraction of sp³-hybridized carbons (Fsp3) is 0.750. The van der Waals surface area contributed by atoms with Gasteiger partial charge in [0.1, 0.15) is 17.8 Å². The van der Waals surface area contributed by atoms with Gasteiger partial charge in [-0.2, -0.15) is 0 Å². The Morgan fingerprint density at radius 2 is 1.68 bits per heavy atom. The van der Waals surface area contributed by atoms with Crippen molar-refractivity contribution in [3.63, 3.8) is 0 Å². The number of Topliss-reactive ketones (excluding diaryl/α,β-unsaturated/α-hetero) is 1. The topological polar surface area (TPSA) is 195 Å². The van der Waals surface area contributed by atoms with Gasteiger partial charge in [0.2, 0.25) is 11.7 Å². The largest absolute Gasteiger partial charge is 0.493 e. The van der Waals surface area contributed by atoms with Gasteiger partial charge in [0, 0.05) is 58.6 Å². The number of aliphatic carboxylic acids is 1. The molecule has 5 aliphatic rings. The number of hydrogen-bond donors (Lipinski definition) is 4. The van der Waals surface area contributed by atoms with Crippen molar-refractivity contribution in [3.8, 4) is 11.5 Å². The van der Waals surface area contributed by atoms with Crippen molar-refractivity contribution in [2.45, 2.75) is 180 Å². The summed E-state index contributed by atoms with van der Waals surface area (Å²) in [7, 11) is 3.20. The molecule has 4 saturated heterocycles. The number of carbonyl (C=O) groups is 5. The smallest absolute Gasteiger partial charge is 0.353 e. The molecule has 68 heavy (non-hydrogen) atoms. The number of thioether (sulfide) groups is 1. The molecule has 0 radical (unpaired) electrons. The Hall–Kier alpha value is -3.70. The van der Waals surface area contributed by atoms with Crippen LogP contribution < -0.4 is 14.8 Å². The van der Waals surface area contributed by atoms with Gasteiger partial charge in [-0.1, -0.05) is 47.6 Å². The van der Waals surface area contributed by atoms with E-state index in [-0.39, 0.29) is 51.7 Å². The maximum absolute atomic E-state index is 14.2. The molecule has 2 amide bonds. The number of fused-ring (bicyclic) bond motifs is 1. The zero-order valence-electron chi connectivity index (χ0n) is 42.5. The van der Waals surface area contributed by atoms with Gasteiger partial charge < -0.3 is 44.6 Å². The number of likely N-dealkylation sites (tertiary alicyclic amines) is 2. The summed E-state index contributed by atoms with van der Waals surface area (Å²) in [6.45, 7) is 20.4. The lowest BCUT2D eigenvalue weighted by Crippen LogP contribution is -2.63. The van der Waals surface area contributed by atoms with E-state index < -0.39 is 59.3 Å². The number of rotatable bonds is 22. The summed E-state index contributed by atoms with van der Waals surface area (Å²) in [6, 6.07) is 4.49. The lowest BCUT2D eigenvalue weighted by Gasteiger charge is -2.46. The number of nitrogens with zero attached hydrogens (tertiary/aromatic N) is 3. The zero-order chi connectivity index (χ0) is 50.0. The van der Waals surface area contributed by atoms with Crippen LogP contribution in [0.4, 0.5) is 0 Å². The van der Waals surface area contributed by atoms with Gasteiger partial charge in [0.05, 0.1) is 38.4 Å². The number of aryl methyl sites for hydroxylation is 1. The summed E-state index contributed by atoms with van der Waals surface area (Å²) in [4.78, 5) is 72.4. The number of aliphatic hydroxyl groups excluding tert-OH is 2. The van der Waals surface area contributed by atoms with Crippen LogP contribution in [0.3, 0.4) is 0 Å². The summed E-state index contributed by atoms with van der Waals surface area (Å²) in [5.74, 6) is -2.50. The van der Waals surface area contributed by atoms with E-state index in [1.54, 1.807) is 35.0 Å². The number of carboxylic acids is 1. The fourth-order valence-corrected chi connectivity index (χ4v) is 12.7. The van der Waals surface area contributed by atoms with Gasteiger partial charge in [-0.3, -0.25) is 19.3 Å². The average Bonchev–Trinajstić information content (AvgIpc) is 4.05. The quantitative estimate of drug-likeness (QED) is 0.0582. The first-order valence-corrected chi connectivity index (χ1v) is 25.9. The van der Waals surface area contributed by atoms with Crippen LogP contribution in [-0.4, -0.2) is 147 Å². The molecule has 0 unspecified atom stereocenters. The summed E-state index contributed by atoms with van der Waals surface area (Å²) >= 11 is 1.50. The van der Waals surface area contributed by atoms with E-state index in [1.807, 2.05) is 32.0 Å². The highest BCUT2D eigenvalue weighted by Crippen LogP contribution is 2.52. The van der Waals surface area contributed by atoms with Crippen molar-refractivity contribution in [3.05, 3.63) is 34.4 Å². The van der Waals surface area contributed by atoms with E-state index >= 15 is 0 Å². The molecule has 0 spiro atoms. The first kappa shape index (κ1) is 53.6. The third kappa shape index (κ3) is 11.6. The number of ketones is 1. The number of esters is 1. The molecule has 1 aromatic carbocycles. The van der Waals surface area contributed by atoms with Gasteiger partial charge in [0.25, 0.3) is 5.91 Å². The zero-order valence-corrected chi connectivity index (χ0v) is 43.3. The van der Waals surface area contributed by atoms with E-state index in [1.165, 1.54) is 21.6 Å². The number of hydrogen-bond acceptors (Lipinski definition) is 13. The molecule has 5 heterocycles. The van der Waals surface area contributed by atoms with Crippen LogP contribution in [0.1, 0.15) is 132 Å². The second-order valence-corrected chi connectivity index (χ2v) is 23.6. The Morgan fingerprint density at radius 3 is 2.32 bits per heavy atom. The highest BCUT2D eigenvalue weighted by atomic mass is 32.2. The van der Waals surface area contributed by atoms with Crippen LogP contribution in [0.25, 0.3) is 0 Å². The minimum absolute atomic E-state index is 0.0325. The Morgan fingerprint density at radius 1 is 0.971 bits per heavy atom. The third-order valence-corrected chi connectivity index (χ3v) is 17.6. The number of carboxylic acid groups (broad SMARTS) is 1. The average molecular weight is 969 g/mol.